The molecule has 1 aliphatic rings. The number of likely N-dealkylation sites (tertiary alicyclic amines) is 1. The van der Waals surface area contributed by atoms with E-state index in [1.54, 1.807) is 11.8 Å². The highest BCUT2D eigenvalue weighted by molar-refractivity contribution is 8.00. The molecular weight excluding hydrogens is 382 g/mol. The molecular formula is C23H33N3O2S. The number of benzene rings is 1. The Morgan fingerprint density at radius 2 is 1.69 bits per heavy atom. The summed E-state index contributed by atoms with van der Waals surface area (Å²) in [5, 5.41) is 1.11. The van der Waals surface area contributed by atoms with Crippen LogP contribution in [0.5, 0.6) is 0 Å². The van der Waals surface area contributed by atoms with Gasteiger partial charge in [-0.1, -0.05) is 18.2 Å². The van der Waals surface area contributed by atoms with Crippen LogP contribution in [0.1, 0.15) is 47.0 Å². The van der Waals surface area contributed by atoms with Gasteiger partial charge in [0.2, 0.25) is 11.8 Å². The maximum absolute atomic E-state index is 12.8. The third kappa shape index (κ3) is 5.16. The fraction of sp³-hybridized carbons (Fsp3) is 0.565. The Morgan fingerprint density at radius 1 is 1.03 bits per heavy atom. The van der Waals surface area contributed by atoms with Crippen LogP contribution in [0.4, 0.5) is 0 Å². The Hall–Kier alpha value is -1.95. The molecule has 0 N–H and O–H groups in total. The molecule has 158 valence electrons. The van der Waals surface area contributed by atoms with E-state index in [-0.39, 0.29) is 23.9 Å². The number of thioether (sulfide) groups is 1. The highest BCUT2D eigenvalue weighted by Gasteiger charge is 2.22. The smallest absolute Gasteiger partial charge is 0.242 e. The predicted octanol–water partition coefficient (Wildman–Crippen LogP) is 4.39. The normalized spacial score (nSPS) is 14.8. The fourth-order valence-corrected chi connectivity index (χ4v) is 5.19. The molecule has 1 fully saturated rings. The first-order valence-electron chi connectivity index (χ1n) is 10.7. The maximum Gasteiger partial charge on any atom is 0.242 e. The van der Waals surface area contributed by atoms with E-state index in [0.29, 0.717) is 12.3 Å². The zero-order valence-corrected chi connectivity index (χ0v) is 18.9. The van der Waals surface area contributed by atoms with E-state index in [4.69, 9.17) is 0 Å². The van der Waals surface area contributed by atoms with Crippen LogP contribution in [0.25, 0.3) is 10.9 Å². The maximum atomic E-state index is 12.8. The second-order valence-electron chi connectivity index (χ2n) is 8.36. The standard InChI is InChI=1S/C23H33N3O2S/c1-17(2)26(18(3)4)23(28)16-29-21-14-25(20-11-7-6-10-19(20)21)15-22(27)24-12-8-5-9-13-24/h6-7,10-11,14,17-18H,5,8-9,12-13,15-16H2,1-4H3. The molecule has 0 unspecified atom stereocenters. The van der Waals surface area contributed by atoms with Crippen molar-refractivity contribution in [3.63, 3.8) is 0 Å². The molecule has 1 aliphatic heterocycles. The van der Waals surface area contributed by atoms with Crippen molar-refractivity contribution in [3.05, 3.63) is 30.5 Å². The Balaban J connectivity index is 1.75. The monoisotopic (exact) mass is 415 g/mol. The number of hydrogen-bond acceptors (Lipinski definition) is 3. The van der Waals surface area contributed by atoms with Crippen molar-refractivity contribution in [1.29, 1.82) is 0 Å². The van der Waals surface area contributed by atoms with Crippen LogP contribution >= 0.6 is 11.8 Å². The molecule has 6 heteroatoms. The minimum atomic E-state index is 0.154. The van der Waals surface area contributed by atoms with Gasteiger partial charge in [-0.25, -0.2) is 0 Å². The van der Waals surface area contributed by atoms with E-state index in [1.807, 2.05) is 32.7 Å². The average molecular weight is 416 g/mol. The molecule has 2 amide bonds. The number of carbonyl (C=O) groups excluding carboxylic acids is 2. The van der Waals surface area contributed by atoms with E-state index < -0.39 is 0 Å². The molecule has 0 bridgehead atoms. The van der Waals surface area contributed by atoms with E-state index in [1.165, 1.54) is 6.42 Å². The molecule has 0 aliphatic carbocycles. The van der Waals surface area contributed by atoms with E-state index in [9.17, 15) is 9.59 Å². The molecule has 1 saturated heterocycles. The van der Waals surface area contributed by atoms with Crippen molar-refractivity contribution in [3.8, 4) is 0 Å². The van der Waals surface area contributed by atoms with Crippen LogP contribution in [-0.4, -0.2) is 57.1 Å². The largest absolute Gasteiger partial charge is 0.341 e. The molecule has 1 aromatic heterocycles. The van der Waals surface area contributed by atoms with E-state index in [2.05, 4.69) is 39.8 Å². The molecule has 0 saturated carbocycles. The van der Waals surface area contributed by atoms with Crippen molar-refractivity contribution < 1.29 is 9.59 Å². The quantitative estimate of drug-likeness (QED) is 0.630. The molecule has 5 nitrogen and oxygen atoms in total. The molecule has 0 radical (unpaired) electrons. The minimum absolute atomic E-state index is 0.154. The van der Waals surface area contributed by atoms with Crippen LogP contribution in [0.3, 0.4) is 0 Å². The Kier molecular flexibility index (Phi) is 7.28. The highest BCUT2D eigenvalue weighted by Crippen LogP contribution is 2.30. The van der Waals surface area contributed by atoms with Crippen molar-refractivity contribution >= 4 is 34.5 Å². The SMILES string of the molecule is CC(C)N(C(=O)CSc1cn(CC(=O)N2CCCCC2)c2ccccc12)C(C)C. The van der Waals surface area contributed by atoms with Gasteiger partial charge in [-0.15, -0.1) is 11.8 Å². The van der Waals surface area contributed by atoms with Crippen molar-refractivity contribution in [2.24, 2.45) is 0 Å². The molecule has 0 atom stereocenters. The van der Waals surface area contributed by atoms with Gasteiger partial charge in [0.1, 0.15) is 6.54 Å². The number of piperidine rings is 1. The number of carbonyl (C=O) groups is 2. The second kappa shape index (κ2) is 9.70. The molecule has 3 rings (SSSR count). The van der Waals surface area contributed by atoms with Gasteiger partial charge in [-0.3, -0.25) is 9.59 Å². The first-order chi connectivity index (χ1) is 13.9. The summed E-state index contributed by atoms with van der Waals surface area (Å²) < 4.78 is 2.04. The number of amides is 2. The third-order valence-corrected chi connectivity index (χ3v) is 6.55. The third-order valence-electron chi connectivity index (χ3n) is 5.52. The summed E-state index contributed by atoms with van der Waals surface area (Å²) in [5.74, 6) is 0.745. The van der Waals surface area contributed by atoms with Gasteiger partial charge in [0.05, 0.1) is 5.75 Å². The molecule has 1 aromatic carbocycles. The minimum Gasteiger partial charge on any atom is -0.341 e. The Morgan fingerprint density at radius 3 is 2.34 bits per heavy atom. The first-order valence-corrected chi connectivity index (χ1v) is 11.7. The number of nitrogens with zero attached hydrogens (tertiary/aromatic N) is 3. The average Bonchev–Trinajstić information content (AvgIpc) is 3.04. The summed E-state index contributed by atoms with van der Waals surface area (Å²) in [5.41, 5.74) is 1.05. The van der Waals surface area contributed by atoms with Gasteiger partial charge in [0.15, 0.2) is 0 Å². The lowest BCUT2D eigenvalue weighted by molar-refractivity contribution is -0.133. The number of para-hydroxylation sites is 1. The van der Waals surface area contributed by atoms with Gasteiger partial charge in [-0.2, -0.15) is 0 Å². The molecule has 2 heterocycles. The van der Waals surface area contributed by atoms with Crippen LogP contribution in [-0.2, 0) is 16.1 Å². The summed E-state index contributed by atoms with van der Waals surface area (Å²) in [7, 11) is 0. The van der Waals surface area contributed by atoms with Crippen LogP contribution < -0.4 is 0 Å². The summed E-state index contributed by atoms with van der Waals surface area (Å²) >= 11 is 1.57. The Labute approximate surface area is 178 Å². The lowest BCUT2D eigenvalue weighted by Crippen LogP contribution is -2.43. The second-order valence-corrected chi connectivity index (χ2v) is 9.37. The highest BCUT2D eigenvalue weighted by atomic mass is 32.2. The summed E-state index contributed by atoms with van der Waals surface area (Å²) in [6.07, 6.45) is 5.46. The van der Waals surface area contributed by atoms with Gasteiger partial charge < -0.3 is 14.4 Å². The zero-order chi connectivity index (χ0) is 21.0. The van der Waals surface area contributed by atoms with E-state index in [0.717, 1.165) is 41.7 Å². The van der Waals surface area contributed by atoms with Crippen molar-refractivity contribution in [1.82, 2.24) is 14.4 Å². The van der Waals surface area contributed by atoms with Crippen molar-refractivity contribution in [2.75, 3.05) is 18.8 Å². The summed E-state index contributed by atoms with van der Waals surface area (Å²) in [6.45, 7) is 10.3. The summed E-state index contributed by atoms with van der Waals surface area (Å²) in [6, 6.07) is 8.52. The van der Waals surface area contributed by atoms with Crippen LogP contribution in [0.15, 0.2) is 35.4 Å². The first kappa shape index (κ1) is 21.8. The zero-order valence-electron chi connectivity index (χ0n) is 18.1. The van der Waals surface area contributed by atoms with E-state index >= 15 is 0 Å². The van der Waals surface area contributed by atoms with Gasteiger partial charge in [0, 0.05) is 47.2 Å². The van der Waals surface area contributed by atoms with Gasteiger partial charge >= 0.3 is 0 Å². The van der Waals surface area contributed by atoms with Gasteiger partial charge in [0.25, 0.3) is 0 Å². The summed E-state index contributed by atoms with van der Waals surface area (Å²) in [4.78, 5) is 30.5. The number of hydrogen-bond donors (Lipinski definition) is 0. The number of aromatic nitrogens is 1. The Bertz CT molecular complexity index is 845. The fourth-order valence-electron chi connectivity index (χ4n) is 4.23. The number of fused-ring (bicyclic) bond motifs is 1. The van der Waals surface area contributed by atoms with Crippen molar-refractivity contribution in [2.45, 2.75) is 70.5 Å². The lowest BCUT2D eigenvalue weighted by Gasteiger charge is -2.30. The molecule has 2 aromatic rings. The van der Waals surface area contributed by atoms with Gasteiger partial charge in [-0.05, 0) is 53.0 Å². The predicted molar refractivity (Wildman–Crippen MR) is 120 cm³/mol. The topological polar surface area (TPSA) is 45.6 Å². The lowest BCUT2D eigenvalue weighted by atomic mass is 10.1. The molecule has 29 heavy (non-hydrogen) atoms. The van der Waals surface area contributed by atoms with Crippen LogP contribution in [0, 0.1) is 0 Å². The van der Waals surface area contributed by atoms with Crippen LogP contribution in [0.2, 0.25) is 0 Å². The molecule has 0 spiro atoms. The number of rotatable bonds is 7.